The number of nitrogens with one attached hydrogen (secondary N) is 1. The van der Waals surface area contributed by atoms with E-state index in [0.29, 0.717) is 11.5 Å². The molecule has 2 unspecified atom stereocenters. The molecule has 1 saturated heterocycles. The molecular formula is C19H21NO4. The van der Waals surface area contributed by atoms with Crippen molar-refractivity contribution < 1.29 is 19.0 Å². The zero-order valence-corrected chi connectivity index (χ0v) is 14.1. The number of fused-ring (bicyclic) bond motifs is 1. The van der Waals surface area contributed by atoms with Gasteiger partial charge in [-0.1, -0.05) is 0 Å². The maximum Gasteiger partial charge on any atom is 0.220 e. The Morgan fingerprint density at radius 1 is 1.12 bits per heavy atom. The zero-order valence-electron chi connectivity index (χ0n) is 14.1. The minimum Gasteiger partial charge on any atom is -0.493 e. The lowest BCUT2D eigenvalue weighted by atomic mass is 9.59. The summed E-state index contributed by atoms with van der Waals surface area (Å²) < 4.78 is 16.3. The Hall–Kier alpha value is -2.27. The first-order chi connectivity index (χ1) is 11.6. The summed E-state index contributed by atoms with van der Waals surface area (Å²) in [6.45, 7) is 0.900. The average molecular weight is 327 g/mol. The largest absolute Gasteiger partial charge is 0.493 e. The molecule has 0 saturated carbocycles. The summed E-state index contributed by atoms with van der Waals surface area (Å²) in [6, 6.07) is 4.29. The monoisotopic (exact) mass is 327 g/mol. The number of hydrogen-bond donors (Lipinski definition) is 1. The first-order valence-electron chi connectivity index (χ1n) is 8.15. The van der Waals surface area contributed by atoms with Crippen LogP contribution in [0.15, 0.2) is 35.6 Å². The predicted octanol–water partition coefficient (Wildman–Crippen LogP) is 1.90. The number of benzene rings is 1. The number of ketones is 1. The number of allylic oxidation sites excluding steroid dienone is 2. The van der Waals surface area contributed by atoms with Gasteiger partial charge in [0.1, 0.15) is 0 Å². The van der Waals surface area contributed by atoms with Crippen LogP contribution in [0.25, 0.3) is 0 Å². The van der Waals surface area contributed by atoms with Gasteiger partial charge in [0.25, 0.3) is 0 Å². The number of hydrogen-bond acceptors (Lipinski definition) is 5. The van der Waals surface area contributed by atoms with Crippen LogP contribution in [-0.4, -0.2) is 39.7 Å². The zero-order chi connectivity index (χ0) is 16.9. The second-order valence-corrected chi connectivity index (χ2v) is 6.47. The highest BCUT2D eigenvalue weighted by molar-refractivity contribution is 6.05. The lowest BCUT2D eigenvalue weighted by molar-refractivity contribution is -0.114. The van der Waals surface area contributed by atoms with E-state index < -0.39 is 0 Å². The Bertz CT molecular complexity index is 780. The first kappa shape index (κ1) is 15.3. The van der Waals surface area contributed by atoms with E-state index in [1.54, 1.807) is 27.4 Å². The maximum absolute atomic E-state index is 12.3. The summed E-state index contributed by atoms with van der Waals surface area (Å²) in [5, 5.41) is 3.54. The molecule has 24 heavy (non-hydrogen) atoms. The van der Waals surface area contributed by atoms with E-state index in [-0.39, 0.29) is 17.2 Å². The molecular weight excluding hydrogens is 306 g/mol. The molecule has 1 fully saturated rings. The SMILES string of the molecule is COC1=CC23CCNC(Cc4cc(OC)c(OC)cc42)C3=CC1=O. The Morgan fingerprint density at radius 2 is 1.88 bits per heavy atom. The van der Waals surface area contributed by atoms with Gasteiger partial charge in [0.15, 0.2) is 17.3 Å². The average Bonchev–Trinajstić information content (AvgIpc) is 2.60. The van der Waals surface area contributed by atoms with Crippen molar-refractivity contribution in [3.8, 4) is 11.5 Å². The molecule has 1 aromatic carbocycles. The third-order valence-electron chi connectivity index (χ3n) is 5.44. The molecule has 0 amide bonds. The van der Waals surface area contributed by atoms with Crippen molar-refractivity contribution >= 4 is 5.78 Å². The van der Waals surface area contributed by atoms with Gasteiger partial charge < -0.3 is 19.5 Å². The van der Waals surface area contributed by atoms with Crippen LogP contribution >= 0.6 is 0 Å². The standard InChI is InChI=1S/C19H21NO4/c1-22-16-7-11-6-14-13-8-15(21)18(24-3)10-19(13,4-5-20-14)12(11)9-17(16)23-2/h7-10,14,20H,4-6H2,1-3H3. The van der Waals surface area contributed by atoms with Crippen LogP contribution < -0.4 is 14.8 Å². The third kappa shape index (κ3) is 1.94. The second kappa shape index (κ2) is 5.38. The molecule has 2 atom stereocenters. The van der Waals surface area contributed by atoms with E-state index in [2.05, 4.69) is 17.4 Å². The smallest absolute Gasteiger partial charge is 0.220 e. The van der Waals surface area contributed by atoms with Crippen LogP contribution in [0.1, 0.15) is 17.5 Å². The van der Waals surface area contributed by atoms with E-state index in [1.807, 2.05) is 6.08 Å². The number of rotatable bonds is 3. The molecule has 2 aliphatic carbocycles. The van der Waals surface area contributed by atoms with Crippen molar-refractivity contribution in [2.75, 3.05) is 27.9 Å². The second-order valence-electron chi connectivity index (χ2n) is 6.47. The molecule has 1 aliphatic heterocycles. The van der Waals surface area contributed by atoms with Gasteiger partial charge in [-0.2, -0.15) is 0 Å². The Balaban J connectivity index is 1.98. The van der Waals surface area contributed by atoms with Gasteiger partial charge in [-0.3, -0.25) is 4.79 Å². The van der Waals surface area contributed by atoms with Gasteiger partial charge in [0, 0.05) is 11.5 Å². The highest BCUT2D eigenvalue weighted by Crippen LogP contribution is 2.51. The Morgan fingerprint density at radius 3 is 2.58 bits per heavy atom. The number of carbonyl (C=O) groups excluding carboxylic acids is 1. The van der Waals surface area contributed by atoms with Crippen LogP contribution in [0.4, 0.5) is 0 Å². The maximum atomic E-state index is 12.3. The number of ether oxygens (including phenoxy) is 3. The van der Waals surface area contributed by atoms with E-state index in [1.165, 1.54) is 11.1 Å². The third-order valence-corrected chi connectivity index (χ3v) is 5.44. The molecule has 3 aliphatic rings. The predicted molar refractivity (Wildman–Crippen MR) is 89.5 cm³/mol. The van der Waals surface area contributed by atoms with Gasteiger partial charge in [-0.25, -0.2) is 0 Å². The minimum atomic E-state index is -0.303. The Labute approximate surface area is 141 Å². The quantitative estimate of drug-likeness (QED) is 0.919. The molecule has 5 nitrogen and oxygen atoms in total. The number of piperidine rings is 1. The lowest BCUT2D eigenvalue weighted by Gasteiger charge is -2.49. The van der Waals surface area contributed by atoms with Crippen LogP contribution in [0.3, 0.4) is 0 Å². The van der Waals surface area contributed by atoms with Crippen LogP contribution in [0.5, 0.6) is 11.5 Å². The first-order valence-corrected chi connectivity index (χ1v) is 8.15. The van der Waals surface area contributed by atoms with E-state index in [9.17, 15) is 4.79 Å². The van der Waals surface area contributed by atoms with Gasteiger partial charge in [0.05, 0.1) is 21.3 Å². The van der Waals surface area contributed by atoms with E-state index >= 15 is 0 Å². The lowest BCUT2D eigenvalue weighted by Crippen LogP contribution is -2.54. The molecule has 0 radical (unpaired) electrons. The van der Waals surface area contributed by atoms with Crippen molar-refractivity contribution in [1.29, 1.82) is 0 Å². The highest BCUT2D eigenvalue weighted by atomic mass is 16.5. The minimum absolute atomic E-state index is 0.0549. The summed E-state index contributed by atoms with van der Waals surface area (Å²) in [5.41, 5.74) is 3.25. The van der Waals surface area contributed by atoms with Gasteiger partial charge in [0.2, 0.25) is 5.78 Å². The molecule has 2 bridgehead atoms. The summed E-state index contributed by atoms with van der Waals surface area (Å²) >= 11 is 0. The topological polar surface area (TPSA) is 56.8 Å². The number of carbonyl (C=O) groups is 1. The van der Waals surface area contributed by atoms with Crippen LogP contribution in [0, 0.1) is 0 Å². The van der Waals surface area contributed by atoms with E-state index in [4.69, 9.17) is 14.2 Å². The molecule has 1 heterocycles. The summed E-state index contributed by atoms with van der Waals surface area (Å²) in [7, 11) is 4.85. The van der Waals surface area contributed by atoms with Crippen LogP contribution in [0.2, 0.25) is 0 Å². The Kier molecular flexibility index (Phi) is 3.42. The van der Waals surface area contributed by atoms with Crippen LogP contribution in [-0.2, 0) is 21.4 Å². The molecule has 0 aromatic heterocycles. The fraction of sp³-hybridized carbons (Fsp3) is 0.421. The molecule has 0 spiro atoms. The molecule has 5 heteroatoms. The van der Waals surface area contributed by atoms with E-state index in [0.717, 1.165) is 30.7 Å². The molecule has 126 valence electrons. The summed E-state index contributed by atoms with van der Waals surface area (Å²) in [5.74, 6) is 1.81. The fourth-order valence-electron chi connectivity index (χ4n) is 4.34. The van der Waals surface area contributed by atoms with Crippen molar-refractivity contribution in [3.63, 3.8) is 0 Å². The van der Waals surface area contributed by atoms with Crippen molar-refractivity contribution in [2.45, 2.75) is 24.3 Å². The highest BCUT2D eigenvalue weighted by Gasteiger charge is 2.49. The molecule has 1 aromatic rings. The normalized spacial score (nSPS) is 27.5. The summed E-state index contributed by atoms with van der Waals surface area (Å²) in [4.78, 5) is 12.3. The van der Waals surface area contributed by atoms with Crippen molar-refractivity contribution in [2.24, 2.45) is 0 Å². The van der Waals surface area contributed by atoms with Gasteiger partial charge in [-0.15, -0.1) is 0 Å². The van der Waals surface area contributed by atoms with Gasteiger partial charge >= 0.3 is 0 Å². The molecule has 4 rings (SSSR count). The fourth-order valence-corrected chi connectivity index (χ4v) is 4.34. The molecule has 1 N–H and O–H groups in total. The summed E-state index contributed by atoms with van der Waals surface area (Å²) in [6.07, 6.45) is 5.49. The number of methoxy groups -OCH3 is 3. The van der Waals surface area contributed by atoms with Crippen molar-refractivity contribution in [1.82, 2.24) is 5.32 Å². The van der Waals surface area contributed by atoms with Crippen molar-refractivity contribution in [3.05, 3.63) is 46.7 Å². The van der Waals surface area contributed by atoms with Gasteiger partial charge in [-0.05, 0) is 60.4 Å².